The zero-order chi connectivity index (χ0) is 10.0. The molecular weight excluding hydrogens is 230 g/mol. The fraction of sp³-hybridized carbons (Fsp3) is 0.556. The molecule has 0 unspecified atom stereocenters. The molecule has 1 heterocycles. The van der Waals surface area contributed by atoms with Crippen molar-refractivity contribution in [1.29, 1.82) is 0 Å². The van der Waals surface area contributed by atoms with Crippen LogP contribution in [0.4, 0.5) is 5.82 Å². The largest absolute Gasteiger partial charge is 0.383 e. The van der Waals surface area contributed by atoms with Gasteiger partial charge >= 0.3 is 0 Å². The minimum absolute atomic E-state index is 0.366. The molecule has 0 bridgehead atoms. The number of aryl methyl sites for hydroxylation is 1. The minimum Gasteiger partial charge on any atom is -0.383 e. The van der Waals surface area contributed by atoms with Gasteiger partial charge in [0.05, 0.1) is 10.2 Å². The number of anilines is 1. The number of halogens is 1. The standard InChI is InChI=1S/C9H14BrN3/c1-4-6-12-8(5(2)3)7(10)9(11)13-6/h5H,4H2,1-3H3,(H2,11,12,13). The summed E-state index contributed by atoms with van der Waals surface area (Å²) in [7, 11) is 0. The van der Waals surface area contributed by atoms with Gasteiger partial charge in [0.1, 0.15) is 11.6 Å². The van der Waals surface area contributed by atoms with Gasteiger partial charge in [0.25, 0.3) is 0 Å². The second-order valence-corrected chi connectivity index (χ2v) is 4.03. The van der Waals surface area contributed by atoms with Gasteiger partial charge < -0.3 is 5.73 Å². The topological polar surface area (TPSA) is 51.8 Å². The van der Waals surface area contributed by atoms with Crippen LogP contribution in [0.3, 0.4) is 0 Å². The van der Waals surface area contributed by atoms with E-state index in [0.29, 0.717) is 11.7 Å². The molecule has 0 aromatic carbocycles. The maximum absolute atomic E-state index is 5.74. The molecule has 72 valence electrons. The summed E-state index contributed by atoms with van der Waals surface area (Å²) in [4.78, 5) is 8.57. The second kappa shape index (κ2) is 4.05. The Kier molecular flexibility index (Phi) is 3.25. The van der Waals surface area contributed by atoms with E-state index in [2.05, 4.69) is 39.7 Å². The Balaban J connectivity index is 3.25. The molecule has 2 N–H and O–H groups in total. The van der Waals surface area contributed by atoms with Crippen LogP contribution in [0.2, 0.25) is 0 Å². The molecule has 1 rings (SSSR count). The average molecular weight is 244 g/mol. The van der Waals surface area contributed by atoms with Crippen molar-refractivity contribution < 1.29 is 0 Å². The summed E-state index contributed by atoms with van der Waals surface area (Å²) in [5.41, 5.74) is 6.73. The van der Waals surface area contributed by atoms with Crippen molar-refractivity contribution in [3.63, 3.8) is 0 Å². The molecule has 4 heteroatoms. The first-order valence-electron chi connectivity index (χ1n) is 4.38. The zero-order valence-electron chi connectivity index (χ0n) is 8.13. The average Bonchev–Trinajstić information content (AvgIpc) is 2.09. The van der Waals surface area contributed by atoms with Crippen molar-refractivity contribution >= 4 is 21.7 Å². The van der Waals surface area contributed by atoms with E-state index in [-0.39, 0.29) is 0 Å². The van der Waals surface area contributed by atoms with E-state index in [1.165, 1.54) is 0 Å². The predicted octanol–water partition coefficient (Wildman–Crippen LogP) is 2.51. The first kappa shape index (κ1) is 10.4. The highest BCUT2D eigenvalue weighted by Gasteiger charge is 2.11. The molecule has 0 spiro atoms. The van der Waals surface area contributed by atoms with Crippen LogP contribution in [0.25, 0.3) is 0 Å². The number of aromatic nitrogens is 2. The molecular formula is C9H14BrN3. The lowest BCUT2D eigenvalue weighted by molar-refractivity contribution is 0.782. The molecule has 13 heavy (non-hydrogen) atoms. The number of hydrogen-bond donors (Lipinski definition) is 1. The van der Waals surface area contributed by atoms with Gasteiger partial charge in [-0.15, -0.1) is 0 Å². The summed E-state index contributed by atoms with van der Waals surface area (Å²) in [6.45, 7) is 6.20. The highest BCUT2D eigenvalue weighted by molar-refractivity contribution is 9.10. The van der Waals surface area contributed by atoms with E-state index < -0.39 is 0 Å². The lowest BCUT2D eigenvalue weighted by Crippen LogP contribution is -2.05. The van der Waals surface area contributed by atoms with Gasteiger partial charge in [-0.2, -0.15) is 0 Å². The van der Waals surface area contributed by atoms with Gasteiger partial charge in [0.2, 0.25) is 0 Å². The summed E-state index contributed by atoms with van der Waals surface area (Å²) in [6, 6.07) is 0. The summed E-state index contributed by atoms with van der Waals surface area (Å²) >= 11 is 3.39. The SMILES string of the molecule is CCc1nc(N)c(Br)c(C(C)C)n1. The predicted molar refractivity (Wildman–Crippen MR) is 57.6 cm³/mol. The molecule has 0 aliphatic heterocycles. The number of nitrogen functional groups attached to an aromatic ring is 1. The van der Waals surface area contributed by atoms with Gasteiger partial charge in [0, 0.05) is 6.42 Å². The lowest BCUT2D eigenvalue weighted by Gasteiger charge is -2.10. The van der Waals surface area contributed by atoms with E-state index in [1.807, 2.05) is 6.92 Å². The summed E-state index contributed by atoms with van der Waals surface area (Å²) in [5, 5.41) is 0. The first-order chi connectivity index (χ1) is 6.06. The van der Waals surface area contributed by atoms with Crippen LogP contribution in [-0.2, 0) is 6.42 Å². The number of nitrogens with zero attached hydrogens (tertiary/aromatic N) is 2. The van der Waals surface area contributed by atoms with Crippen LogP contribution in [0.5, 0.6) is 0 Å². The Morgan fingerprint density at radius 2 is 2.00 bits per heavy atom. The second-order valence-electron chi connectivity index (χ2n) is 3.23. The molecule has 0 aliphatic carbocycles. The molecule has 1 aromatic heterocycles. The van der Waals surface area contributed by atoms with E-state index in [4.69, 9.17) is 5.73 Å². The van der Waals surface area contributed by atoms with E-state index >= 15 is 0 Å². The maximum atomic E-state index is 5.74. The molecule has 1 aromatic rings. The van der Waals surface area contributed by atoms with E-state index in [1.54, 1.807) is 0 Å². The van der Waals surface area contributed by atoms with E-state index in [0.717, 1.165) is 22.4 Å². The van der Waals surface area contributed by atoms with Crippen LogP contribution in [0.15, 0.2) is 4.47 Å². The molecule has 0 radical (unpaired) electrons. The van der Waals surface area contributed by atoms with Crippen molar-refractivity contribution in [2.45, 2.75) is 33.1 Å². The van der Waals surface area contributed by atoms with Crippen LogP contribution >= 0.6 is 15.9 Å². The van der Waals surface area contributed by atoms with Gasteiger partial charge in [0.15, 0.2) is 0 Å². The Morgan fingerprint density at radius 1 is 1.38 bits per heavy atom. The summed E-state index contributed by atoms with van der Waals surface area (Å²) < 4.78 is 0.833. The molecule has 0 atom stereocenters. The van der Waals surface area contributed by atoms with Gasteiger partial charge in [-0.3, -0.25) is 0 Å². The van der Waals surface area contributed by atoms with Gasteiger partial charge in [-0.05, 0) is 21.8 Å². The molecule has 0 saturated carbocycles. The zero-order valence-corrected chi connectivity index (χ0v) is 9.72. The Hall–Kier alpha value is -0.640. The van der Waals surface area contributed by atoms with Gasteiger partial charge in [-0.25, -0.2) is 9.97 Å². The molecule has 0 saturated heterocycles. The molecule has 0 amide bonds. The normalized spacial score (nSPS) is 10.8. The molecule has 0 fully saturated rings. The van der Waals surface area contributed by atoms with Crippen molar-refractivity contribution in [2.75, 3.05) is 5.73 Å². The Labute approximate surface area is 86.9 Å². The van der Waals surface area contributed by atoms with Crippen molar-refractivity contribution in [2.24, 2.45) is 0 Å². The summed E-state index contributed by atoms with van der Waals surface area (Å²) in [6.07, 6.45) is 0.817. The third-order valence-corrected chi connectivity index (χ3v) is 2.62. The van der Waals surface area contributed by atoms with Crippen molar-refractivity contribution in [1.82, 2.24) is 9.97 Å². The highest BCUT2D eigenvalue weighted by atomic mass is 79.9. The first-order valence-corrected chi connectivity index (χ1v) is 5.17. The third kappa shape index (κ3) is 2.18. The number of nitrogens with two attached hydrogens (primary N) is 1. The van der Waals surface area contributed by atoms with Crippen LogP contribution in [-0.4, -0.2) is 9.97 Å². The maximum Gasteiger partial charge on any atom is 0.141 e. The van der Waals surface area contributed by atoms with Crippen LogP contribution in [0, 0.1) is 0 Å². The Morgan fingerprint density at radius 3 is 2.46 bits per heavy atom. The van der Waals surface area contributed by atoms with Crippen LogP contribution < -0.4 is 5.73 Å². The van der Waals surface area contributed by atoms with Gasteiger partial charge in [-0.1, -0.05) is 20.8 Å². The fourth-order valence-corrected chi connectivity index (χ4v) is 1.71. The molecule has 3 nitrogen and oxygen atoms in total. The van der Waals surface area contributed by atoms with E-state index in [9.17, 15) is 0 Å². The number of rotatable bonds is 2. The Bertz CT molecular complexity index is 310. The summed E-state index contributed by atoms with van der Waals surface area (Å²) in [5.74, 6) is 1.71. The quantitative estimate of drug-likeness (QED) is 0.869. The minimum atomic E-state index is 0.366. The smallest absolute Gasteiger partial charge is 0.141 e. The van der Waals surface area contributed by atoms with Crippen LogP contribution in [0.1, 0.15) is 38.2 Å². The van der Waals surface area contributed by atoms with Crippen molar-refractivity contribution in [3.05, 3.63) is 16.0 Å². The fourth-order valence-electron chi connectivity index (χ4n) is 1.07. The monoisotopic (exact) mass is 243 g/mol. The third-order valence-electron chi connectivity index (χ3n) is 1.81. The molecule has 0 aliphatic rings. The highest BCUT2D eigenvalue weighted by Crippen LogP contribution is 2.26. The lowest BCUT2D eigenvalue weighted by atomic mass is 10.1. The van der Waals surface area contributed by atoms with Crippen molar-refractivity contribution in [3.8, 4) is 0 Å². The number of hydrogen-bond acceptors (Lipinski definition) is 3.